The normalized spacial score (nSPS) is 11.0. The van der Waals surface area contributed by atoms with Gasteiger partial charge in [-0.05, 0) is 0 Å². The molecular weight excluding hydrogens is 387 g/mol. The van der Waals surface area contributed by atoms with Crippen LogP contribution in [0.1, 0.15) is 0 Å². The molecule has 0 aliphatic carbocycles. The van der Waals surface area contributed by atoms with E-state index in [1.807, 2.05) is 0 Å². The molecule has 0 aromatic heterocycles. The quantitative estimate of drug-likeness (QED) is 0.432. The van der Waals surface area contributed by atoms with Crippen molar-refractivity contribution in [3.05, 3.63) is 121 Å². The molecule has 138 valence electrons. The summed E-state index contributed by atoms with van der Waals surface area (Å²) in [7, 11) is -2.30. The van der Waals surface area contributed by atoms with Crippen molar-refractivity contribution in [2.75, 3.05) is 0 Å². The molecule has 0 aliphatic rings. The summed E-state index contributed by atoms with van der Waals surface area (Å²) in [6.45, 7) is 0. The van der Waals surface area contributed by atoms with Gasteiger partial charge in [-0.1, -0.05) is 0 Å². The predicted molar refractivity (Wildman–Crippen MR) is 130 cm³/mol. The Bertz CT molecular complexity index is 765. The van der Waals surface area contributed by atoms with Gasteiger partial charge in [0, 0.05) is 0 Å². The van der Waals surface area contributed by atoms with Gasteiger partial charge in [-0.25, -0.2) is 0 Å². The molecule has 0 bridgehead atoms. The van der Waals surface area contributed by atoms with Crippen molar-refractivity contribution in [3.8, 4) is 0 Å². The summed E-state index contributed by atoms with van der Waals surface area (Å²) >= 11 is 0. The van der Waals surface area contributed by atoms with Crippen LogP contribution in [-0.2, 0) is 0 Å². The number of rotatable bonds is 4. The topological polar surface area (TPSA) is 0 Å². The van der Waals surface area contributed by atoms with Crippen LogP contribution >= 0.6 is 33.2 Å². The van der Waals surface area contributed by atoms with Gasteiger partial charge in [-0.3, -0.25) is 0 Å². The molecule has 0 amide bonds. The standard InChI is InChI=1S/C24H21P.ClH.H2S/c1-5-13-21(14-6-1)25(22-15-7-2-8-16-22,23-17-9-3-10-18-23)24-19-11-4-12-20-24;;/h1-20,25H;1H;1H2. The molecule has 4 aromatic carbocycles. The maximum atomic E-state index is 2.29. The molecule has 0 saturated carbocycles. The van der Waals surface area contributed by atoms with E-state index >= 15 is 0 Å². The first-order valence-electron chi connectivity index (χ1n) is 8.64. The van der Waals surface area contributed by atoms with E-state index in [0.29, 0.717) is 0 Å². The SMILES string of the molecule is Cl.S.c1ccc([PH](c2ccccc2)(c2ccccc2)c2ccccc2)cc1. The van der Waals surface area contributed by atoms with Crippen LogP contribution in [0.25, 0.3) is 0 Å². The zero-order valence-corrected chi connectivity index (χ0v) is 17.8. The van der Waals surface area contributed by atoms with E-state index in [4.69, 9.17) is 0 Å². The van der Waals surface area contributed by atoms with Gasteiger partial charge in [0.15, 0.2) is 0 Å². The van der Waals surface area contributed by atoms with Crippen LogP contribution in [0.3, 0.4) is 0 Å². The van der Waals surface area contributed by atoms with Crippen LogP contribution in [0, 0.1) is 0 Å². The average molecular weight is 411 g/mol. The van der Waals surface area contributed by atoms with Gasteiger partial charge in [0.05, 0.1) is 0 Å². The number of benzene rings is 4. The summed E-state index contributed by atoms with van der Waals surface area (Å²) in [6.07, 6.45) is 0. The molecular formula is C24H24ClPS. The van der Waals surface area contributed by atoms with Crippen LogP contribution in [0.4, 0.5) is 0 Å². The Labute approximate surface area is 175 Å². The van der Waals surface area contributed by atoms with E-state index in [2.05, 4.69) is 121 Å². The van der Waals surface area contributed by atoms with E-state index in [1.54, 1.807) is 0 Å². The molecule has 0 unspecified atom stereocenters. The van der Waals surface area contributed by atoms with Crippen LogP contribution in [-0.4, -0.2) is 0 Å². The Kier molecular flexibility index (Phi) is 7.68. The number of hydrogen-bond donors (Lipinski definition) is 0. The van der Waals surface area contributed by atoms with Crippen molar-refractivity contribution in [2.24, 2.45) is 0 Å². The third-order valence-electron chi connectivity index (χ3n) is 4.83. The van der Waals surface area contributed by atoms with Crippen LogP contribution < -0.4 is 21.2 Å². The Morgan fingerprint density at radius 3 is 0.704 bits per heavy atom. The van der Waals surface area contributed by atoms with Gasteiger partial charge in [-0.2, -0.15) is 13.5 Å². The van der Waals surface area contributed by atoms with Crippen molar-refractivity contribution in [2.45, 2.75) is 0 Å². The maximum absolute atomic E-state index is 2.30. The van der Waals surface area contributed by atoms with Gasteiger partial charge in [0.25, 0.3) is 0 Å². The minimum atomic E-state index is -2.30. The van der Waals surface area contributed by atoms with Crippen molar-refractivity contribution in [1.82, 2.24) is 0 Å². The van der Waals surface area contributed by atoms with E-state index in [1.165, 1.54) is 21.2 Å². The summed E-state index contributed by atoms with van der Waals surface area (Å²) in [5.74, 6) is 0. The van der Waals surface area contributed by atoms with Crippen molar-refractivity contribution >= 4 is 54.4 Å². The van der Waals surface area contributed by atoms with E-state index in [0.717, 1.165) is 0 Å². The Morgan fingerprint density at radius 1 is 0.333 bits per heavy atom. The van der Waals surface area contributed by atoms with E-state index < -0.39 is 7.26 Å². The summed E-state index contributed by atoms with van der Waals surface area (Å²) in [4.78, 5) is 0. The molecule has 27 heavy (non-hydrogen) atoms. The zero-order valence-electron chi connectivity index (χ0n) is 15.0. The molecule has 0 aliphatic heterocycles. The van der Waals surface area contributed by atoms with Crippen molar-refractivity contribution in [3.63, 3.8) is 0 Å². The fraction of sp³-hybridized carbons (Fsp3) is 0. The van der Waals surface area contributed by atoms with Gasteiger partial charge in [0.2, 0.25) is 0 Å². The second-order valence-corrected chi connectivity index (χ2v) is 10.0. The van der Waals surface area contributed by atoms with Crippen LogP contribution in [0.2, 0.25) is 0 Å². The first-order chi connectivity index (χ1) is 12.4. The number of halogens is 1. The summed E-state index contributed by atoms with van der Waals surface area (Å²) in [6, 6.07) is 44.0. The molecule has 0 saturated heterocycles. The van der Waals surface area contributed by atoms with E-state index in [-0.39, 0.29) is 25.9 Å². The molecule has 0 fully saturated rings. The van der Waals surface area contributed by atoms with Gasteiger partial charge in [-0.15, -0.1) is 12.4 Å². The predicted octanol–water partition coefficient (Wildman–Crippen LogP) is 4.57. The second-order valence-electron chi connectivity index (χ2n) is 6.21. The van der Waals surface area contributed by atoms with Crippen molar-refractivity contribution in [1.29, 1.82) is 0 Å². The molecule has 4 aromatic rings. The molecule has 0 N–H and O–H groups in total. The molecule has 0 spiro atoms. The molecule has 0 heterocycles. The first kappa shape index (κ1) is 21.3. The second kappa shape index (κ2) is 9.76. The Balaban J connectivity index is 0.00000131. The van der Waals surface area contributed by atoms with Gasteiger partial charge in [0.1, 0.15) is 0 Å². The van der Waals surface area contributed by atoms with Crippen LogP contribution in [0.5, 0.6) is 0 Å². The first-order valence-corrected chi connectivity index (χ1v) is 10.6. The van der Waals surface area contributed by atoms with Gasteiger partial charge < -0.3 is 0 Å². The third kappa shape index (κ3) is 3.96. The summed E-state index contributed by atoms with van der Waals surface area (Å²) in [5.41, 5.74) is 0. The minimum absolute atomic E-state index is 0. The van der Waals surface area contributed by atoms with E-state index in [9.17, 15) is 0 Å². The Hall–Kier alpha value is -2.05. The molecule has 0 radical (unpaired) electrons. The monoisotopic (exact) mass is 410 g/mol. The third-order valence-corrected chi connectivity index (χ3v) is 9.62. The average Bonchev–Trinajstić information content (AvgIpc) is 2.72. The molecule has 4 rings (SSSR count). The van der Waals surface area contributed by atoms with Gasteiger partial charge >= 0.3 is 150 Å². The summed E-state index contributed by atoms with van der Waals surface area (Å²) in [5, 5.41) is 5.66. The fourth-order valence-corrected chi connectivity index (χ4v) is 8.52. The van der Waals surface area contributed by atoms with Crippen molar-refractivity contribution < 1.29 is 0 Å². The molecule has 0 nitrogen and oxygen atoms in total. The summed E-state index contributed by atoms with van der Waals surface area (Å²) < 4.78 is 0. The molecule has 3 heteroatoms. The number of hydrogen-bond acceptors (Lipinski definition) is 0. The van der Waals surface area contributed by atoms with Crippen LogP contribution in [0.15, 0.2) is 121 Å². The fourth-order valence-electron chi connectivity index (χ4n) is 3.75. The molecule has 0 atom stereocenters. The Morgan fingerprint density at radius 2 is 0.519 bits per heavy atom. The zero-order chi connectivity index (χ0) is 17.0.